The molecule has 0 radical (unpaired) electrons. The Bertz CT molecular complexity index is 312. The van der Waals surface area contributed by atoms with Crippen LogP contribution in [0.15, 0.2) is 12.4 Å². The first-order valence-corrected chi connectivity index (χ1v) is 4.88. The van der Waals surface area contributed by atoms with E-state index in [1.165, 1.54) is 0 Å². The van der Waals surface area contributed by atoms with Gasteiger partial charge in [0.25, 0.3) is 0 Å². The van der Waals surface area contributed by atoms with E-state index in [1.54, 1.807) is 6.20 Å². The van der Waals surface area contributed by atoms with Crippen molar-refractivity contribution in [3.63, 3.8) is 0 Å². The maximum Gasteiger partial charge on any atom is 0.201 e. The second kappa shape index (κ2) is 3.32. The standard InChI is InChI=1S/C10H14N2O/c1-2-6-12-7-5-11-10(12)9(13)8-3-4-8/h5,7-8H,2-4,6H2,1H3. The van der Waals surface area contributed by atoms with Gasteiger partial charge in [-0.2, -0.15) is 0 Å². The number of Topliss-reactive ketones (excluding diaryl/α,β-unsaturated/α-hetero) is 1. The van der Waals surface area contributed by atoms with Crippen LogP contribution in [0.3, 0.4) is 0 Å². The van der Waals surface area contributed by atoms with E-state index < -0.39 is 0 Å². The summed E-state index contributed by atoms with van der Waals surface area (Å²) in [7, 11) is 0. The van der Waals surface area contributed by atoms with Gasteiger partial charge in [-0.1, -0.05) is 6.92 Å². The van der Waals surface area contributed by atoms with Crippen molar-refractivity contribution >= 4 is 5.78 Å². The lowest BCUT2D eigenvalue weighted by Crippen LogP contribution is -2.11. The summed E-state index contributed by atoms with van der Waals surface area (Å²) in [6, 6.07) is 0. The fourth-order valence-electron chi connectivity index (χ4n) is 1.48. The molecule has 1 aliphatic carbocycles. The number of nitrogens with zero attached hydrogens (tertiary/aromatic N) is 2. The normalized spacial score (nSPS) is 16.1. The highest BCUT2D eigenvalue weighted by Gasteiger charge is 2.32. The van der Waals surface area contributed by atoms with E-state index >= 15 is 0 Å². The van der Waals surface area contributed by atoms with Crippen molar-refractivity contribution in [2.45, 2.75) is 32.7 Å². The summed E-state index contributed by atoms with van der Waals surface area (Å²) in [5.41, 5.74) is 0. The lowest BCUT2D eigenvalue weighted by atomic mass is 10.2. The fourth-order valence-corrected chi connectivity index (χ4v) is 1.48. The number of rotatable bonds is 4. The Labute approximate surface area is 77.8 Å². The minimum atomic E-state index is 0.235. The summed E-state index contributed by atoms with van der Waals surface area (Å²) in [4.78, 5) is 15.8. The number of hydrogen-bond acceptors (Lipinski definition) is 2. The molecule has 1 heterocycles. The highest BCUT2D eigenvalue weighted by atomic mass is 16.1. The molecule has 0 N–H and O–H groups in total. The van der Waals surface area contributed by atoms with Crippen molar-refractivity contribution in [1.82, 2.24) is 9.55 Å². The third-order valence-electron chi connectivity index (χ3n) is 2.35. The molecule has 3 heteroatoms. The Morgan fingerprint density at radius 3 is 3.08 bits per heavy atom. The van der Waals surface area contributed by atoms with Gasteiger partial charge >= 0.3 is 0 Å². The van der Waals surface area contributed by atoms with Gasteiger partial charge in [0, 0.05) is 24.9 Å². The van der Waals surface area contributed by atoms with E-state index in [-0.39, 0.29) is 11.7 Å². The molecule has 0 atom stereocenters. The van der Waals surface area contributed by atoms with Crippen LogP contribution in [0, 0.1) is 5.92 Å². The van der Waals surface area contributed by atoms with Crippen molar-refractivity contribution in [1.29, 1.82) is 0 Å². The topological polar surface area (TPSA) is 34.9 Å². The van der Waals surface area contributed by atoms with Crippen LogP contribution in [0.25, 0.3) is 0 Å². The maximum absolute atomic E-state index is 11.7. The largest absolute Gasteiger partial charge is 0.329 e. The molecule has 0 aromatic carbocycles. The first-order valence-electron chi connectivity index (χ1n) is 4.88. The molecular formula is C10H14N2O. The minimum absolute atomic E-state index is 0.235. The number of aryl methyl sites for hydroxylation is 1. The molecule has 2 rings (SSSR count). The van der Waals surface area contributed by atoms with E-state index in [4.69, 9.17) is 0 Å². The van der Waals surface area contributed by atoms with Gasteiger partial charge < -0.3 is 4.57 Å². The van der Waals surface area contributed by atoms with Gasteiger partial charge in [0.05, 0.1) is 0 Å². The molecule has 0 saturated heterocycles. The smallest absolute Gasteiger partial charge is 0.201 e. The van der Waals surface area contributed by atoms with Gasteiger partial charge in [-0.15, -0.1) is 0 Å². The SMILES string of the molecule is CCCn1ccnc1C(=O)C1CC1. The van der Waals surface area contributed by atoms with Crippen LogP contribution in [0.1, 0.15) is 36.8 Å². The van der Waals surface area contributed by atoms with Gasteiger partial charge in [0.1, 0.15) is 0 Å². The first-order chi connectivity index (χ1) is 6.33. The van der Waals surface area contributed by atoms with Crippen LogP contribution in [-0.4, -0.2) is 15.3 Å². The molecule has 13 heavy (non-hydrogen) atoms. The van der Waals surface area contributed by atoms with Crippen molar-refractivity contribution in [2.75, 3.05) is 0 Å². The molecule has 1 fully saturated rings. The third-order valence-corrected chi connectivity index (χ3v) is 2.35. The summed E-state index contributed by atoms with van der Waals surface area (Å²) < 4.78 is 1.96. The highest BCUT2D eigenvalue weighted by Crippen LogP contribution is 2.32. The Balaban J connectivity index is 2.17. The molecule has 0 spiro atoms. The average molecular weight is 178 g/mol. The van der Waals surface area contributed by atoms with Gasteiger partial charge in [0.2, 0.25) is 5.78 Å². The molecule has 1 saturated carbocycles. The summed E-state index contributed by atoms with van der Waals surface area (Å²) in [5.74, 6) is 1.17. The zero-order valence-electron chi connectivity index (χ0n) is 7.86. The summed E-state index contributed by atoms with van der Waals surface area (Å²) >= 11 is 0. The Hall–Kier alpha value is -1.12. The van der Waals surface area contributed by atoms with Gasteiger partial charge in [-0.05, 0) is 19.3 Å². The first kappa shape index (κ1) is 8.48. The van der Waals surface area contributed by atoms with Crippen molar-refractivity contribution in [3.05, 3.63) is 18.2 Å². The fraction of sp³-hybridized carbons (Fsp3) is 0.600. The van der Waals surface area contributed by atoms with Crippen molar-refractivity contribution in [3.8, 4) is 0 Å². The lowest BCUT2D eigenvalue weighted by molar-refractivity contribution is 0.0953. The number of imidazole rings is 1. The molecule has 0 aliphatic heterocycles. The zero-order valence-corrected chi connectivity index (χ0v) is 7.86. The second-order valence-corrected chi connectivity index (χ2v) is 3.58. The molecule has 70 valence electrons. The monoisotopic (exact) mass is 178 g/mol. The van der Waals surface area contributed by atoms with E-state index in [0.717, 1.165) is 25.8 Å². The van der Waals surface area contributed by atoms with E-state index in [9.17, 15) is 4.79 Å². The minimum Gasteiger partial charge on any atom is -0.329 e. The number of hydrogen-bond donors (Lipinski definition) is 0. The van der Waals surface area contributed by atoms with Gasteiger partial charge in [-0.3, -0.25) is 4.79 Å². The van der Waals surface area contributed by atoms with E-state index in [2.05, 4.69) is 11.9 Å². The predicted molar refractivity (Wildman–Crippen MR) is 49.6 cm³/mol. The van der Waals surface area contributed by atoms with E-state index in [0.29, 0.717) is 5.82 Å². The van der Waals surface area contributed by atoms with Gasteiger partial charge in [0.15, 0.2) is 5.82 Å². The lowest BCUT2D eigenvalue weighted by Gasteiger charge is -2.03. The summed E-state index contributed by atoms with van der Waals surface area (Å²) in [5, 5.41) is 0. The molecule has 0 amide bonds. The molecule has 0 bridgehead atoms. The number of aromatic nitrogens is 2. The second-order valence-electron chi connectivity index (χ2n) is 3.58. The quantitative estimate of drug-likeness (QED) is 0.660. The summed E-state index contributed by atoms with van der Waals surface area (Å²) in [6.07, 6.45) is 6.75. The molecule has 3 nitrogen and oxygen atoms in total. The van der Waals surface area contributed by atoms with Crippen LogP contribution < -0.4 is 0 Å². The van der Waals surface area contributed by atoms with Crippen LogP contribution >= 0.6 is 0 Å². The maximum atomic E-state index is 11.7. The molecular weight excluding hydrogens is 164 g/mol. The zero-order chi connectivity index (χ0) is 9.26. The molecule has 0 unspecified atom stereocenters. The molecule has 1 aromatic heterocycles. The van der Waals surface area contributed by atoms with Crippen molar-refractivity contribution < 1.29 is 4.79 Å². The Kier molecular flexibility index (Phi) is 2.17. The van der Waals surface area contributed by atoms with Crippen molar-refractivity contribution in [2.24, 2.45) is 5.92 Å². The van der Waals surface area contributed by atoms with Gasteiger partial charge in [-0.25, -0.2) is 4.98 Å². The number of ketones is 1. The number of carbonyl (C=O) groups is 1. The third kappa shape index (κ3) is 1.64. The predicted octanol–water partition coefficient (Wildman–Crippen LogP) is 1.89. The van der Waals surface area contributed by atoms with Crippen LogP contribution in [0.2, 0.25) is 0 Å². The van der Waals surface area contributed by atoms with Crippen LogP contribution in [0.4, 0.5) is 0 Å². The summed E-state index contributed by atoms with van der Waals surface area (Å²) in [6.45, 7) is 3.00. The molecule has 1 aromatic rings. The highest BCUT2D eigenvalue weighted by molar-refractivity contribution is 5.96. The number of carbonyl (C=O) groups excluding carboxylic acids is 1. The van der Waals surface area contributed by atoms with Crippen LogP contribution in [0.5, 0.6) is 0 Å². The van der Waals surface area contributed by atoms with Crippen LogP contribution in [-0.2, 0) is 6.54 Å². The molecule has 1 aliphatic rings. The Morgan fingerprint density at radius 2 is 2.46 bits per heavy atom. The van der Waals surface area contributed by atoms with E-state index in [1.807, 2.05) is 10.8 Å². The Morgan fingerprint density at radius 1 is 1.69 bits per heavy atom. The average Bonchev–Trinajstić information content (AvgIpc) is 2.87.